The molecule has 7 nitrogen and oxygen atoms in total. The third kappa shape index (κ3) is 2.38. The highest BCUT2D eigenvalue weighted by Crippen LogP contribution is 2.52. The van der Waals surface area contributed by atoms with E-state index < -0.39 is 5.60 Å². The Morgan fingerprint density at radius 2 is 1.77 bits per heavy atom. The lowest BCUT2D eigenvalue weighted by Crippen LogP contribution is -2.48. The molecule has 2 saturated carbocycles. The van der Waals surface area contributed by atoms with E-state index in [9.17, 15) is 14.7 Å². The fourth-order valence-corrected chi connectivity index (χ4v) is 6.19. The van der Waals surface area contributed by atoms with Gasteiger partial charge in [0.05, 0.1) is 6.54 Å². The van der Waals surface area contributed by atoms with Crippen LogP contribution in [0.15, 0.2) is 39.4 Å². The molecule has 0 amide bonds. The molecule has 158 valence electrons. The van der Waals surface area contributed by atoms with Gasteiger partial charge in [0, 0.05) is 23.2 Å². The summed E-state index contributed by atoms with van der Waals surface area (Å²) in [5.74, 6) is 0.770. The summed E-state index contributed by atoms with van der Waals surface area (Å²) in [6.45, 7) is 0.401. The Labute approximate surface area is 174 Å². The highest BCUT2D eigenvalue weighted by molar-refractivity contribution is 5.51. The average Bonchev–Trinajstić information content (AvgIpc) is 3.31. The standard InChI is InChI=1S/C23H27N3O4/c27-16-8-9-17-19(14-16)30-23(11-4-5-12-23)18-10-13-24-21(28)25(15-6-2-1-3-7-15)22(29)26(24)20(17)18/h8-10,14-15,20,27H,1-7,11-13H2. The lowest BCUT2D eigenvalue weighted by atomic mass is 9.79. The highest BCUT2D eigenvalue weighted by Gasteiger charge is 2.50. The van der Waals surface area contributed by atoms with Crippen LogP contribution in [0.4, 0.5) is 0 Å². The molecule has 0 saturated heterocycles. The maximum absolute atomic E-state index is 13.7. The van der Waals surface area contributed by atoms with Crippen LogP contribution in [0.3, 0.4) is 0 Å². The molecule has 3 heterocycles. The number of nitrogens with zero attached hydrogens (tertiary/aromatic N) is 3. The minimum atomic E-state index is -0.445. The molecule has 0 bridgehead atoms. The quantitative estimate of drug-likeness (QED) is 0.734. The molecule has 6 rings (SSSR count). The molecule has 0 radical (unpaired) electrons. The van der Waals surface area contributed by atoms with Gasteiger partial charge >= 0.3 is 11.4 Å². The van der Waals surface area contributed by atoms with Gasteiger partial charge in [-0.15, -0.1) is 0 Å². The van der Waals surface area contributed by atoms with Gasteiger partial charge in [-0.3, -0.25) is 0 Å². The molecule has 2 fully saturated rings. The van der Waals surface area contributed by atoms with Crippen molar-refractivity contribution in [1.29, 1.82) is 0 Å². The van der Waals surface area contributed by atoms with E-state index >= 15 is 0 Å². The van der Waals surface area contributed by atoms with E-state index in [1.165, 1.54) is 11.0 Å². The predicted octanol–water partition coefficient (Wildman–Crippen LogP) is 3.26. The van der Waals surface area contributed by atoms with E-state index in [1.807, 2.05) is 6.07 Å². The molecular formula is C23H27N3O4. The lowest BCUT2D eigenvalue weighted by molar-refractivity contribution is 0.0830. The molecule has 1 unspecified atom stereocenters. The van der Waals surface area contributed by atoms with Gasteiger partial charge < -0.3 is 9.84 Å². The number of hydrogen-bond donors (Lipinski definition) is 1. The number of benzene rings is 1. The first kappa shape index (κ1) is 18.1. The smallest absolute Gasteiger partial charge is 0.348 e. The van der Waals surface area contributed by atoms with Gasteiger partial charge in [-0.05, 0) is 50.7 Å². The number of hydrogen-bond acceptors (Lipinski definition) is 4. The van der Waals surface area contributed by atoms with E-state index in [1.54, 1.807) is 21.5 Å². The summed E-state index contributed by atoms with van der Waals surface area (Å²) in [5, 5.41) is 10.1. The Morgan fingerprint density at radius 1 is 1.00 bits per heavy atom. The van der Waals surface area contributed by atoms with Crippen LogP contribution in [0.5, 0.6) is 11.5 Å². The van der Waals surface area contributed by atoms with Crippen LogP contribution in [-0.4, -0.2) is 24.6 Å². The summed E-state index contributed by atoms with van der Waals surface area (Å²) in [6.07, 6.45) is 11.1. The van der Waals surface area contributed by atoms with Crippen molar-refractivity contribution in [2.24, 2.45) is 0 Å². The third-order valence-corrected chi connectivity index (χ3v) is 7.59. The number of allylic oxidation sites excluding steroid dienone is 1. The maximum atomic E-state index is 13.7. The van der Waals surface area contributed by atoms with Gasteiger partial charge in [0.1, 0.15) is 23.1 Å². The van der Waals surface area contributed by atoms with Crippen molar-refractivity contribution < 1.29 is 9.84 Å². The largest absolute Gasteiger partial charge is 0.508 e. The normalized spacial score (nSPS) is 24.7. The van der Waals surface area contributed by atoms with Crippen LogP contribution in [-0.2, 0) is 6.54 Å². The van der Waals surface area contributed by atoms with Gasteiger partial charge in [-0.25, -0.2) is 23.5 Å². The molecule has 1 atom stereocenters. The molecule has 7 heteroatoms. The van der Waals surface area contributed by atoms with Gasteiger partial charge in [-0.2, -0.15) is 0 Å². The monoisotopic (exact) mass is 409 g/mol. The first-order valence-corrected chi connectivity index (χ1v) is 11.3. The van der Waals surface area contributed by atoms with Crippen LogP contribution >= 0.6 is 0 Å². The van der Waals surface area contributed by atoms with Crippen molar-refractivity contribution in [3.8, 4) is 11.5 Å². The Kier molecular flexibility index (Phi) is 3.86. The Bertz CT molecular complexity index is 1160. The number of aromatic nitrogens is 3. The zero-order valence-electron chi connectivity index (χ0n) is 17.0. The van der Waals surface area contributed by atoms with Crippen molar-refractivity contribution in [3.63, 3.8) is 0 Å². The number of aromatic hydroxyl groups is 1. The Hall–Kier alpha value is -2.70. The SMILES string of the molecule is O=c1n(C2CCCCC2)c(=O)n2n1CC=C1C2c2ccc(O)cc2OC12CCCC2. The summed E-state index contributed by atoms with van der Waals surface area (Å²) in [4.78, 5) is 26.9. The fraction of sp³-hybridized carbons (Fsp3) is 0.565. The van der Waals surface area contributed by atoms with Crippen LogP contribution in [0.1, 0.15) is 75.4 Å². The first-order valence-electron chi connectivity index (χ1n) is 11.3. The zero-order valence-corrected chi connectivity index (χ0v) is 17.0. The second-order valence-electron chi connectivity index (χ2n) is 9.24. The number of ether oxygens (including phenoxy) is 1. The topological polar surface area (TPSA) is 78.4 Å². The molecule has 2 aliphatic carbocycles. The summed E-state index contributed by atoms with van der Waals surface area (Å²) in [6, 6.07) is 4.74. The fourth-order valence-electron chi connectivity index (χ4n) is 6.19. The third-order valence-electron chi connectivity index (χ3n) is 7.59. The number of phenolic OH excluding ortho intramolecular Hbond substituents is 1. The number of phenols is 1. The van der Waals surface area contributed by atoms with E-state index in [0.29, 0.717) is 12.3 Å². The number of rotatable bonds is 1. The zero-order chi connectivity index (χ0) is 20.5. The lowest BCUT2D eigenvalue weighted by Gasteiger charge is -2.44. The van der Waals surface area contributed by atoms with Crippen molar-refractivity contribution in [1.82, 2.24) is 13.9 Å². The molecule has 2 aromatic rings. The van der Waals surface area contributed by atoms with Gasteiger partial charge in [0.2, 0.25) is 0 Å². The molecule has 1 aromatic carbocycles. The molecule has 2 aliphatic heterocycles. The van der Waals surface area contributed by atoms with Crippen molar-refractivity contribution in [2.45, 2.75) is 82.0 Å². The maximum Gasteiger partial charge on any atom is 0.348 e. The van der Waals surface area contributed by atoms with Crippen molar-refractivity contribution in [2.75, 3.05) is 0 Å². The van der Waals surface area contributed by atoms with E-state index in [4.69, 9.17) is 4.74 Å². The minimum absolute atomic E-state index is 0.00707. The summed E-state index contributed by atoms with van der Waals surface area (Å²) in [7, 11) is 0. The van der Waals surface area contributed by atoms with Gasteiger partial charge in [0.25, 0.3) is 0 Å². The average molecular weight is 409 g/mol. The van der Waals surface area contributed by atoms with E-state index in [2.05, 4.69) is 6.08 Å². The van der Waals surface area contributed by atoms with Crippen LogP contribution < -0.4 is 16.1 Å². The predicted molar refractivity (Wildman–Crippen MR) is 111 cm³/mol. The van der Waals surface area contributed by atoms with Crippen LogP contribution in [0, 0.1) is 0 Å². The second kappa shape index (κ2) is 6.40. The van der Waals surface area contributed by atoms with Crippen molar-refractivity contribution in [3.05, 3.63) is 56.4 Å². The Balaban J connectivity index is 1.57. The molecule has 1 aromatic heterocycles. The summed E-state index contributed by atoms with van der Waals surface area (Å²) < 4.78 is 11.3. The van der Waals surface area contributed by atoms with Crippen LogP contribution in [0.2, 0.25) is 0 Å². The molecule has 1 N–H and O–H groups in total. The molecular weight excluding hydrogens is 382 g/mol. The molecule has 1 spiro atoms. The highest BCUT2D eigenvalue weighted by atomic mass is 16.5. The van der Waals surface area contributed by atoms with Gasteiger partial charge in [0.15, 0.2) is 0 Å². The Morgan fingerprint density at radius 3 is 2.53 bits per heavy atom. The van der Waals surface area contributed by atoms with Crippen LogP contribution in [0.25, 0.3) is 0 Å². The number of fused-ring (bicyclic) bond motifs is 6. The van der Waals surface area contributed by atoms with Gasteiger partial charge in [-0.1, -0.05) is 25.3 Å². The molecule has 4 aliphatic rings. The summed E-state index contributed by atoms with van der Waals surface area (Å²) in [5.41, 5.74) is 1.08. The summed E-state index contributed by atoms with van der Waals surface area (Å²) >= 11 is 0. The van der Waals surface area contributed by atoms with Crippen molar-refractivity contribution >= 4 is 0 Å². The minimum Gasteiger partial charge on any atom is -0.508 e. The molecule has 30 heavy (non-hydrogen) atoms. The van der Waals surface area contributed by atoms with E-state index in [-0.39, 0.29) is 29.2 Å². The van der Waals surface area contributed by atoms with E-state index in [0.717, 1.165) is 62.5 Å². The second-order valence-corrected chi connectivity index (χ2v) is 9.24. The first-order chi connectivity index (χ1) is 14.6.